The van der Waals surface area contributed by atoms with E-state index in [4.69, 9.17) is 4.74 Å². The van der Waals surface area contributed by atoms with Gasteiger partial charge in [-0.3, -0.25) is 0 Å². The van der Waals surface area contributed by atoms with E-state index in [2.05, 4.69) is 75.4 Å². The number of fused-ring (bicyclic) bond motifs is 2. The Bertz CT molecular complexity index is 777. The zero-order chi connectivity index (χ0) is 14.6. The van der Waals surface area contributed by atoms with Crippen LogP contribution in [0.2, 0.25) is 0 Å². The monoisotopic (exact) mass is 276 g/mol. The molecule has 3 aromatic rings. The topological polar surface area (TPSA) is 9.23 Å². The molecule has 1 aliphatic heterocycles. The van der Waals surface area contributed by atoms with E-state index in [9.17, 15) is 0 Å². The molecule has 0 spiro atoms. The van der Waals surface area contributed by atoms with Crippen molar-refractivity contribution in [1.82, 2.24) is 0 Å². The third-order valence-corrected chi connectivity index (χ3v) is 5.14. The van der Waals surface area contributed by atoms with E-state index in [0.717, 1.165) is 0 Å². The highest BCUT2D eigenvalue weighted by Gasteiger charge is 2.48. The molecule has 2 unspecified atom stereocenters. The summed E-state index contributed by atoms with van der Waals surface area (Å²) >= 11 is 0. The van der Waals surface area contributed by atoms with Gasteiger partial charge in [0.2, 0.25) is 0 Å². The van der Waals surface area contributed by atoms with Crippen LogP contribution in [0.5, 0.6) is 0 Å². The Labute approximate surface area is 125 Å². The molecule has 21 heavy (non-hydrogen) atoms. The van der Waals surface area contributed by atoms with E-state index in [1.807, 2.05) is 0 Å². The lowest BCUT2D eigenvalue weighted by Crippen LogP contribution is -2.48. The fourth-order valence-corrected chi connectivity index (χ4v) is 3.47. The molecule has 106 valence electrons. The van der Waals surface area contributed by atoms with Crippen molar-refractivity contribution >= 4 is 21.5 Å². The van der Waals surface area contributed by atoms with Gasteiger partial charge in [-0.2, -0.15) is 0 Å². The first kappa shape index (κ1) is 12.8. The highest BCUT2D eigenvalue weighted by Crippen LogP contribution is 2.53. The SMILES string of the molecule is CC1OC(c2c3ccccc3cc3ccccc23)C1(C)C. The molecule has 1 fully saturated rings. The van der Waals surface area contributed by atoms with E-state index < -0.39 is 0 Å². The smallest absolute Gasteiger partial charge is 0.0916 e. The minimum Gasteiger partial charge on any atom is -0.369 e. The Morgan fingerprint density at radius 1 is 0.857 bits per heavy atom. The van der Waals surface area contributed by atoms with Gasteiger partial charge < -0.3 is 4.74 Å². The Balaban J connectivity index is 2.08. The van der Waals surface area contributed by atoms with Crippen molar-refractivity contribution in [3.63, 3.8) is 0 Å². The van der Waals surface area contributed by atoms with Crippen LogP contribution < -0.4 is 0 Å². The molecule has 1 aliphatic rings. The highest BCUT2D eigenvalue weighted by atomic mass is 16.5. The van der Waals surface area contributed by atoms with Crippen molar-refractivity contribution in [3.8, 4) is 0 Å². The first-order valence-electron chi connectivity index (χ1n) is 7.65. The highest BCUT2D eigenvalue weighted by molar-refractivity contribution is 6.02. The zero-order valence-corrected chi connectivity index (χ0v) is 12.8. The molecule has 1 heterocycles. The molecule has 0 bridgehead atoms. The van der Waals surface area contributed by atoms with Crippen LogP contribution in [0, 0.1) is 5.41 Å². The molecule has 1 nitrogen and oxygen atoms in total. The molecule has 0 aromatic heterocycles. The largest absolute Gasteiger partial charge is 0.369 e. The summed E-state index contributed by atoms with van der Waals surface area (Å²) in [6, 6.07) is 19.6. The normalized spacial score (nSPS) is 24.1. The maximum absolute atomic E-state index is 6.16. The first-order chi connectivity index (χ1) is 10.1. The summed E-state index contributed by atoms with van der Waals surface area (Å²) in [4.78, 5) is 0. The van der Waals surface area contributed by atoms with Crippen LogP contribution in [-0.4, -0.2) is 6.10 Å². The maximum Gasteiger partial charge on any atom is 0.0916 e. The molecular weight excluding hydrogens is 256 g/mol. The summed E-state index contributed by atoms with van der Waals surface area (Å²) in [5, 5.41) is 5.23. The molecular formula is C20H20O. The van der Waals surface area contributed by atoms with Gasteiger partial charge in [0.25, 0.3) is 0 Å². The third kappa shape index (κ3) is 1.74. The fourth-order valence-electron chi connectivity index (χ4n) is 3.47. The van der Waals surface area contributed by atoms with Crippen LogP contribution >= 0.6 is 0 Å². The van der Waals surface area contributed by atoms with Crippen LogP contribution in [0.25, 0.3) is 21.5 Å². The summed E-state index contributed by atoms with van der Waals surface area (Å²) in [6.07, 6.45) is 0.476. The molecule has 0 amide bonds. The molecule has 1 saturated heterocycles. The van der Waals surface area contributed by atoms with Gasteiger partial charge in [0.1, 0.15) is 0 Å². The first-order valence-corrected chi connectivity index (χ1v) is 7.65. The molecule has 4 rings (SSSR count). The fraction of sp³-hybridized carbons (Fsp3) is 0.300. The standard InChI is InChI=1S/C20H20O/c1-13-20(2,3)19(21-13)18-16-10-6-4-8-14(16)12-15-9-5-7-11-17(15)18/h4-13,19H,1-3H3. The van der Waals surface area contributed by atoms with Gasteiger partial charge in [0.05, 0.1) is 12.2 Å². The van der Waals surface area contributed by atoms with Crippen LogP contribution in [0.1, 0.15) is 32.4 Å². The summed E-state index contributed by atoms with van der Waals surface area (Å²) in [6.45, 7) is 6.79. The van der Waals surface area contributed by atoms with E-state index in [1.165, 1.54) is 27.1 Å². The van der Waals surface area contributed by atoms with Crippen molar-refractivity contribution in [2.75, 3.05) is 0 Å². The minimum atomic E-state index is 0.170. The van der Waals surface area contributed by atoms with Gasteiger partial charge >= 0.3 is 0 Å². The van der Waals surface area contributed by atoms with Gasteiger partial charge in [-0.1, -0.05) is 62.4 Å². The van der Waals surface area contributed by atoms with Crippen molar-refractivity contribution in [3.05, 3.63) is 60.2 Å². The third-order valence-electron chi connectivity index (χ3n) is 5.14. The van der Waals surface area contributed by atoms with Crippen molar-refractivity contribution < 1.29 is 4.74 Å². The molecule has 2 atom stereocenters. The molecule has 0 aliphatic carbocycles. The lowest BCUT2D eigenvalue weighted by molar-refractivity contribution is -0.229. The molecule has 0 saturated carbocycles. The van der Waals surface area contributed by atoms with E-state index in [-0.39, 0.29) is 11.5 Å². The lowest BCUT2D eigenvalue weighted by Gasteiger charge is -2.51. The second-order valence-corrected chi connectivity index (χ2v) is 6.71. The maximum atomic E-state index is 6.16. The Hall–Kier alpha value is -1.86. The van der Waals surface area contributed by atoms with Crippen LogP contribution in [0.15, 0.2) is 54.6 Å². The molecule has 3 aromatic carbocycles. The quantitative estimate of drug-likeness (QED) is 0.535. The van der Waals surface area contributed by atoms with Gasteiger partial charge in [0, 0.05) is 5.41 Å². The number of rotatable bonds is 1. The van der Waals surface area contributed by atoms with Gasteiger partial charge in [-0.25, -0.2) is 0 Å². The van der Waals surface area contributed by atoms with Gasteiger partial charge in [-0.15, -0.1) is 0 Å². The summed E-state index contributed by atoms with van der Waals surface area (Å²) < 4.78 is 6.16. The van der Waals surface area contributed by atoms with Crippen molar-refractivity contribution in [2.45, 2.75) is 33.0 Å². The Morgan fingerprint density at radius 3 is 1.86 bits per heavy atom. The van der Waals surface area contributed by atoms with Crippen LogP contribution in [-0.2, 0) is 4.74 Å². The number of hydrogen-bond donors (Lipinski definition) is 0. The van der Waals surface area contributed by atoms with E-state index in [0.29, 0.717) is 6.10 Å². The Kier molecular flexibility index (Phi) is 2.64. The predicted octanol–water partition coefficient (Wildman–Crippen LogP) is 5.48. The summed E-state index contributed by atoms with van der Waals surface area (Å²) in [5.41, 5.74) is 1.53. The summed E-state index contributed by atoms with van der Waals surface area (Å²) in [7, 11) is 0. The molecule has 0 N–H and O–H groups in total. The average Bonchev–Trinajstić information content (AvgIpc) is 2.50. The number of hydrogen-bond acceptors (Lipinski definition) is 1. The van der Waals surface area contributed by atoms with Crippen LogP contribution in [0.3, 0.4) is 0 Å². The average molecular weight is 276 g/mol. The number of benzene rings is 3. The van der Waals surface area contributed by atoms with Gasteiger partial charge in [0.15, 0.2) is 0 Å². The lowest BCUT2D eigenvalue weighted by atomic mass is 9.71. The van der Waals surface area contributed by atoms with Crippen molar-refractivity contribution in [2.24, 2.45) is 5.41 Å². The van der Waals surface area contributed by atoms with E-state index in [1.54, 1.807) is 0 Å². The van der Waals surface area contributed by atoms with E-state index >= 15 is 0 Å². The van der Waals surface area contributed by atoms with Crippen LogP contribution in [0.4, 0.5) is 0 Å². The second-order valence-electron chi connectivity index (χ2n) is 6.71. The predicted molar refractivity (Wildman–Crippen MR) is 88.5 cm³/mol. The van der Waals surface area contributed by atoms with Crippen molar-refractivity contribution in [1.29, 1.82) is 0 Å². The zero-order valence-electron chi connectivity index (χ0n) is 12.8. The molecule has 1 heteroatoms. The second kappa shape index (κ2) is 4.32. The molecule has 0 radical (unpaired) electrons. The summed E-state index contributed by atoms with van der Waals surface area (Å²) in [5.74, 6) is 0. The minimum absolute atomic E-state index is 0.170. The number of ether oxygens (including phenoxy) is 1. The Morgan fingerprint density at radius 2 is 1.38 bits per heavy atom. The van der Waals surface area contributed by atoms with Gasteiger partial charge in [-0.05, 0) is 40.1 Å².